The molecule has 2 heterocycles. The van der Waals surface area contributed by atoms with Gasteiger partial charge in [0.2, 0.25) is 0 Å². The smallest absolute Gasteiger partial charge is 0.0995 e. The van der Waals surface area contributed by atoms with Crippen molar-refractivity contribution in [1.82, 2.24) is 4.90 Å². The van der Waals surface area contributed by atoms with E-state index in [9.17, 15) is 5.26 Å². The molecular weight excluding hydrogens is 248 g/mol. The Balaban J connectivity index is 1.70. The molecule has 0 radical (unpaired) electrons. The number of benzene rings is 1. The zero-order valence-electron chi connectivity index (χ0n) is 12.0. The van der Waals surface area contributed by atoms with Crippen molar-refractivity contribution in [2.75, 3.05) is 26.3 Å². The highest BCUT2D eigenvalue weighted by molar-refractivity contribution is 5.37. The molecule has 1 aromatic carbocycles. The average Bonchev–Trinajstić information content (AvgIpc) is 2.49. The highest BCUT2D eigenvalue weighted by atomic mass is 16.5. The van der Waals surface area contributed by atoms with Gasteiger partial charge in [-0.1, -0.05) is 18.2 Å². The zero-order valence-corrected chi connectivity index (χ0v) is 12.0. The summed E-state index contributed by atoms with van der Waals surface area (Å²) in [5.74, 6) is 0. The van der Waals surface area contributed by atoms with E-state index in [1.807, 2.05) is 18.2 Å². The van der Waals surface area contributed by atoms with E-state index in [1.165, 1.54) is 31.2 Å². The molecule has 0 unspecified atom stereocenters. The minimum Gasteiger partial charge on any atom is -0.381 e. The van der Waals surface area contributed by atoms with E-state index in [2.05, 4.69) is 17.0 Å². The van der Waals surface area contributed by atoms with Crippen LogP contribution in [-0.4, -0.2) is 31.2 Å². The fraction of sp³-hybridized carbons (Fsp3) is 0.588. The van der Waals surface area contributed by atoms with Gasteiger partial charge in [0.1, 0.15) is 0 Å². The first kappa shape index (κ1) is 13.6. The summed E-state index contributed by atoms with van der Waals surface area (Å²) in [5.41, 5.74) is 2.45. The fourth-order valence-corrected chi connectivity index (χ4v) is 3.67. The first-order valence-corrected chi connectivity index (χ1v) is 7.59. The van der Waals surface area contributed by atoms with E-state index in [0.29, 0.717) is 5.41 Å². The van der Waals surface area contributed by atoms with Crippen molar-refractivity contribution in [3.05, 3.63) is 35.4 Å². The van der Waals surface area contributed by atoms with Gasteiger partial charge in [0.05, 0.1) is 11.6 Å². The SMILES string of the molecule is N#Cc1ccccc1CN1CCCC2(CCOCC2)C1. The van der Waals surface area contributed by atoms with Crippen LogP contribution in [-0.2, 0) is 11.3 Å². The summed E-state index contributed by atoms with van der Waals surface area (Å²) in [6, 6.07) is 10.3. The van der Waals surface area contributed by atoms with Crippen LogP contribution >= 0.6 is 0 Å². The Morgan fingerprint density at radius 1 is 1.20 bits per heavy atom. The van der Waals surface area contributed by atoms with Crippen molar-refractivity contribution in [3.8, 4) is 6.07 Å². The number of hydrogen-bond acceptors (Lipinski definition) is 3. The molecule has 3 heteroatoms. The van der Waals surface area contributed by atoms with Crippen LogP contribution in [0.25, 0.3) is 0 Å². The second-order valence-corrected chi connectivity index (χ2v) is 6.20. The molecule has 3 rings (SSSR count). The summed E-state index contributed by atoms with van der Waals surface area (Å²) in [5, 5.41) is 9.21. The number of piperidine rings is 1. The van der Waals surface area contributed by atoms with Crippen LogP contribution in [0.2, 0.25) is 0 Å². The molecule has 1 spiro atoms. The van der Waals surface area contributed by atoms with Gasteiger partial charge in [0.15, 0.2) is 0 Å². The van der Waals surface area contributed by atoms with Crippen LogP contribution in [0.15, 0.2) is 24.3 Å². The van der Waals surface area contributed by atoms with Gasteiger partial charge in [-0.25, -0.2) is 0 Å². The zero-order chi connectivity index (χ0) is 13.8. The monoisotopic (exact) mass is 270 g/mol. The molecule has 0 N–H and O–H groups in total. The number of nitrogens with zero attached hydrogens (tertiary/aromatic N) is 2. The van der Waals surface area contributed by atoms with Crippen molar-refractivity contribution in [3.63, 3.8) is 0 Å². The van der Waals surface area contributed by atoms with E-state index in [1.54, 1.807) is 0 Å². The first-order chi connectivity index (χ1) is 9.81. The van der Waals surface area contributed by atoms with Gasteiger partial charge < -0.3 is 4.74 Å². The van der Waals surface area contributed by atoms with Gasteiger partial charge in [-0.15, -0.1) is 0 Å². The quantitative estimate of drug-likeness (QED) is 0.829. The molecule has 2 aliphatic rings. The first-order valence-electron chi connectivity index (χ1n) is 7.59. The van der Waals surface area contributed by atoms with Crippen LogP contribution in [0.3, 0.4) is 0 Å². The molecule has 1 aromatic rings. The Labute approximate surface area is 121 Å². The van der Waals surface area contributed by atoms with Crippen LogP contribution < -0.4 is 0 Å². The van der Waals surface area contributed by atoms with Crippen LogP contribution in [0, 0.1) is 16.7 Å². The normalized spacial score (nSPS) is 22.6. The number of ether oxygens (including phenoxy) is 1. The van der Waals surface area contributed by atoms with E-state index in [-0.39, 0.29) is 0 Å². The molecule has 0 amide bonds. The molecule has 3 nitrogen and oxygen atoms in total. The van der Waals surface area contributed by atoms with Gasteiger partial charge >= 0.3 is 0 Å². The van der Waals surface area contributed by atoms with E-state index in [0.717, 1.165) is 38.4 Å². The molecule has 0 saturated carbocycles. The highest BCUT2D eigenvalue weighted by Crippen LogP contribution is 2.39. The minimum atomic E-state index is 0.470. The lowest BCUT2D eigenvalue weighted by atomic mass is 9.74. The third-order valence-electron chi connectivity index (χ3n) is 4.83. The van der Waals surface area contributed by atoms with E-state index >= 15 is 0 Å². The number of hydrogen-bond donors (Lipinski definition) is 0. The summed E-state index contributed by atoms with van der Waals surface area (Å²) in [4.78, 5) is 2.53. The molecule has 0 bridgehead atoms. The summed E-state index contributed by atoms with van der Waals surface area (Å²) in [7, 11) is 0. The average molecular weight is 270 g/mol. The van der Waals surface area contributed by atoms with Gasteiger partial charge in [0.25, 0.3) is 0 Å². The Kier molecular flexibility index (Phi) is 4.05. The molecular formula is C17H22N2O. The van der Waals surface area contributed by atoms with Gasteiger partial charge in [-0.3, -0.25) is 4.90 Å². The van der Waals surface area contributed by atoms with Crippen molar-refractivity contribution in [2.24, 2.45) is 5.41 Å². The summed E-state index contributed by atoms with van der Waals surface area (Å²) in [6.45, 7) is 5.07. The van der Waals surface area contributed by atoms with Crippen LogP contribution in [0.4, 0.5) is 0 Å². The summed E-state index contributed by atoms with van der Waals surface area (Å²) in [6.07, 6.45) is 5.01. The van der Waals surface area contributed by atoms with Crippen molar-refractivity contribution < 1.29 is 4.74 Å². The van der Waals surface area contributed by atoms with Gasteiger partial charge in [-0.2, -0.15) is 5.26 Å². The van der Waals surface area contributed by atoms with Gasteiger partial charge in [-0.05, 0) is 49.3 Å². The van der Waals surface area contributed by atoms with Crippen molar-refractivity contribution in [2.45, 2.75) is 32.2 Å². The maximum Gasteiger partial charge on any atom is 0.0995 e. The molecule has 2 fully saturated rings. The topological polar surface area (TPSA) is 36.3 Å². The Hall–Kier alpha value is -1.37. The summed E-state index contributed by atoms with van der Waals surface area (Å²) < 4.78 is 5.53. The Morgan fingerprint density at radius 3 is 2.80 bits per heavy atom. The second kappa shape index (κ2) is 5.95. The fourth-order valence-electron chi connectivity index (χ4n) is 3.67. The molecule has 2 aliphatic heterocycles. The second-order valence-electron chi connectivity index (χ2n) is 6.20. The molecule has 0 aromatic heterocycles. The maximum atomic E-state index is 9.21. The van der Waals surface area contributed by atoms with Crippen molar-refractivity contribution in [1.29, 1.82) is 5.26 Å². The van der Waals surface area contributed by atoms with E-state index < -0.39 is 0 Å². The number of nitriles is 1. The van der Waals surface area contributed by atoms with Crippen LogP contribution in [0.1, 0.15) is 36.8 Å². The van der Waals surface area contributed by atoms with Crippen LogP contribution in [0.5, 0.6) is 0 Å². The number of likely N-dealkylation sites (tertiary alicyclic amines) is 1. The minimum absolute atomic E-state index is 0.470. The third kappa shape index (κ3) is 2.87. The number of rotatable bonds is 2. The van der Waals surface area contributed by atoms with Crippen molar-refractivity contribution >= 4 is 0 Å². The lowest BCUT2D eigenvalue weighted by molar-refractivity contribution is -0.0291. The Morgan fingerprint density at radius 2 is 2.00 bits per heavy atom. The Bertz CT molecular complexity index is 494. The van der Waals surface area contributed by atoms with Gasteiger partial charge in [0, 0.05) is 26.3 Å². The predicted molar refractivity (Wildman–Crippen MR) is 78.2 cm³/mol. The highest BCUT2D eigenvalue weighted by Gasteiger charge is 2.36. The molecule has 20 heavy (non-hydrogen) atoms. The molecule has 0 atom stereocenters. The molecule has 106 valence electrons. The molecule has 2 saturated heterocycles. The third-order valence-corrected chi connectivity index (χ3v) is 4.83. The lowest BCUT2D eigenvalue weighted by Crippen LogP contribution is -2.45. The largest absolute Gasteiger partial charge is 0.381 e. The maximum absolute atomic E-state index is 9.21. The lowest BCUT2D eigenvalue weighted by Gasteiger charge is -2.45. The standard InChI is InChI=1S/C17H22N2O/c18-12-15-4-1-2-5-16(15)13-19-9-3-6-17(14-19)7-10-20-11-8-17/h1-2,4-5H,3,6-11,13-14H2. The van der Waals surface area contributed by atoms with E-state index in [4.69, 9.17) is 4.74 Å². The summed E-state index contributed by atoms with van der Waals surface area (Å²) >= 11 is 0. The molecule has 0 aliphatic carbocycles. The predicted octanol–water partition coefficient (Wildman–Crippen LogP) is 2.95.